The molecule has 8 heteroatoms. The summed E-state index contributed by atoms with van der Waals surface area (Å²) in [5, 5.41) is 5.92. The molecule has 170 valence electrons. The van der Waals surface area contributed by atoms with E-state index in [1.54, 1.807) is 29.2 Å². The topological polar surface area (TPSA) is 94.0 Å². The third-order valence-electron chi connectivity index (χ3n) is 6.29. The molecule has 5 rings (SSSR count). The van der Waals surface area contributed by atoms with Gasteiger partial charge in [-0.2, -0.15) is 5.10 Å². The summed E-state index contributed by atoms with van der Waals surface area (Å²) >= 11 is 0. The monoisotopic (exact) mass is 462 g/mol. The minimum absolute atomic E-state index is 0.0120. The average molecular weight is 463 g/mol. The van der Waals surface area contributed by atoms with Crippen LogP contribution in [0.5, 0.6) is 0 Å². The van der Waals surface area contributed by atoms with Crippen molar-refractivity contribution in [3.8, 4) is 11.1 Å². The highest BCUT2D eigenvalue weighted by Crippen LogP contribution is 2.23. The second-order valence-corrected chi connectivity index (χ2v) is 10.6. The zero-order valence-corrected chi connectivity index (χ0v) is 19.3. The first-order chi connectivity index (χ1) is 15.9. The standard InChI is InChI=1S/C25H26N4O3S/c1-29-15-20(14-27-29)19-12-23-24(26-13-19)10-9-18-8-7-17(11-22(18)25(23)30)16-33(31,32)28-21-5-3-2-4-6-21/h7-15,21,28H,2-6,16H2,1H3. The van der Waals surface area contributed by atoms with Crippen LogP contribution in [0.2, 0.25) is 0 Å². The fourth-order valence-corrected chi connectivity index (χ4v) is 6.05. The van der Waals surface area contributed by atoms with Crippen molar-refractivity contribution in [3.05, 3.63) is 70.8 Å². The van der Waals surface area contributed by atoms with E-state index in [1.807, 2.05) is 37.5 Å². The summed E-state index contributed by atoms with van der Waals surface area (Å²) in [6.07, 6.45) is 10.4. The van der Waals surface area contributed by atoms with Gasteiger partial charge in [-0.1, -0.05) is 37.5 Å². The molecule has 0 amide bonds. The number of sulfonamides is 1. The number of pyridine rings is 1. The molecule has 0 atom stereocenters. The Labute approximate surface area is 192 Å². The van der Waals surface area contributed by atoms with Crippen LogP contribution in [0, 0.1) is 0 Å². The molecule has 1 aliphatic carbocycles. The van der Waals surface area contributed by atoms with E-state index < -0.39 is 10.0 Å². The Morgan fingerprint density at radius 1 is 1.00 bits per heavy atom. The number of hydrogen-bond donors (Lipinski definition) is 1. The lowest BCUT2D eigenvalue weighted by atomic mass is 9.96. The number of fused-ring (bicyclic) bond motifs is 2. The van der Waals surface area contributed by atoms with Crippen LogP contribution in [0.15, 0.2) is 59.8 Å². The molecule has 2 aromatic heterocycles. The van der Waals surface area contributed by atoms with Crippen LogP contribution in [0.25, 0.3) is 32.8 Å². The lowest BCUT2D eigenvalue weighted by molar-refractivity contribution is 0.412. The molecular weight excluding hydrogens is 436 g/mol. The SMILES string of the molecule is Cn1cc(-c2cnc3ccc4ccc(CS(=O)(=O)NC5CCCCC5)cc4c(=O)c3c2)cn1. The van der Waals surface area contributed by atoms with Gasteiger partial charge in [0.2, 0.25) is 10.0 Å². The Balaban J connectivity index is 1.54. The van der Waals surface area contributed by atoms with Gasteiger partial charge in [0.1, 0.15) is 0 Å². The van der Waals surface area contributed by atoms with Crippen molar-refractivity contribution in [2.45, 2.75) is 43.9 Å². The summed E-state index contributed by atoms with van der Waals surface area (Å²) in [5.74, 6) is -0.144. The maximum absolute atomic E-state index is 13.5. The van der Waals surface area contributed by atoms with Crippen LogP contribution < -0.4 is 10.2 Å². The molecular formula is C25H26N4O3S. The van der Waals surface area contributed by atoms with E-state index >= 15 is 0 Å². The van der Waals surface area contributed by atoms with Gasteiger partial charge < -0.3 is 0 Å². The van der Waals surface area contributed by atoms with Crippen LogP contribution >= 0.6 is 0 Å². The molecule has 0 radical (unpaired) electrons. The molecule has 4 aromatic rings. The third kappa shape index (κ3) is 4.67. The van der Waals surface area contributed by atoms with Crippen molar-refractivity contribution in [1.29, 1.82) is 0 Å². The highest BCUT2D eigenvalue weighted by molar-refractivity contribution is 7.88. The van der Waals surface area contributed by atoms with Crippen molar-refractivity contribution in [2.75, 3.05) is 0 Å². The second kappa shape index (κ2) is 8.68. The number of nitrogens with one attached hydrogen (secondary N) is 1. The molecule has 0 saturated heterocycles. The van der Waals surface area contributed by atoms with Gasteiger partial charge in [-0.05, 0) is 42.0 Å². The first-order valence-corrected chi connectivity index (χ1v) is 12.9. The number of hydrogen-bond acceptors (Lipinski definition) is 5. The van der Waals surface area contributed by atoms with Crippen LogP contribution in [0.3, 0.4) is 0 Å². The molecule has 0 aliphatic heterocycles. The van der Waals surface area contributed by atoms with Gasteiger partial charge in [-0.25, -0.2) is 13.1 Å². The molecule has 0 spiro atoms. The Hall–Kier alpha value is -3.10. The zero-order chi connectivity index (χ0) is 23.0. The number of aromatic nitrogens is 3. The predicted molar refractivity (Wildman–Crippen MR) is 130 cm³/mol. The summed E-state index contributed by atoms with van der Waals surface area (Å²) in [5.41, 5.74) is 2.71. The van der Waals surface area contributed by atoms with Gasteiger partial charge in [-0.3, -0.25) is 14.5 Å². The Morgan fingerprint density at radius 3 is 2.55 bits per heavy atom. The summed E-state index contributed by atoms with van der Waals surface area (Å²) in [6.45, 7) is 0. The zero-order valence-electron chi connectivity index (χ0n) is 18.5. The molecule has 1 aliphatic rings. The largest absolute Gasteiger partial charge is 0.289 e. The second-order valence-electron chi connectivity index (χ2n) is 8.86. The van der Waals surface area contributed by atoms with Crippen LogP contribution in [-0.4, -0.2) is 29.2 Å². The van der Waals surface area contributed by atoms with E-state index in [-0.39, 0.29) is 17.2 Å². The fraction of sp³-hybridized carbons (Fsp3) is 0.320. The van der Waals surface area contributed by atoms with Crippen molar-refractivity contribution >= 4 is 31.7 Å². The molecule has 2 heterocycles. The minimum Gasteiger partial charge on any atom is -0.289 e. The van der Waals surface area contributed by atoms with Crippen LogP contribution in [0.4, 0.5) is 0 Å². The number of benzene rings is 1. The summed E-state index contributed by atoms with van der Waals surface area (Å²) in [4.78, 5) is 18.0. The Morgan fingerprint density at radius 2 is 1.79 bits per heavy atom. The third-order valence-corrected chi connectivity index (χ3v) is 7.70. The van der Waals surface area contributed by atoms with Gasteiger partial charge in [0.15, 0.2) is 5.43 Å². The van der Waals surface area contributed by atoms with E-state index in [9.17, 15) is 13.2 Å². The van der Waals surface area contributed by atoms with Crippen LogP contribution in [0.1, 0.15) is 37.7 Å². The molecule has 7 nitrogen and oxygen atoms in total. The van der Waals surface area contributed by atoms with Crippen molar-refractivity contribution in [3.63, 3.8) is 0 Å². The predicted octanol–water partition coefficient (Wildman–Crippen LogP) is 3.90. The van der Waals surface area contributed by atoms with Gasteiger partial charge in [0, 0.05) is 47.4 Å². The molecule has 1 saturated carbocycles. The average Bonchev–Trinajstić information content (AvgIpc) is 3.18. The number of nitrogens with zero attached hydrogens (tertiary/aromatic N) is 3. The normalized spacial score (nSPS) is 15.3. The summed E-state index contributed by atoms with van der Waals surface area (Å²) in [7, 11) is -1.65. The van der Waals surface area contributed by atoms with Crippen molar-refractivity contribution in [2.24, 2.45) is 7.05 Å². The first kappa shape index (κ1) is 21.7. The van der Waals surface area contributed by atoms with E-state index in [0.29, 0.717) is 21.9 Å². The Kier molecular flexibility index (Phi) is 5.72. The van der Waals surface area contributed by atoms with Gasteiger partial charge in [0.05, 0.1) is 17.5 Å². The van der Waals surface area contributed by atoms with Gasteiger partial charge in [0.25, 0.3) is 0 Å². The van der Waals surface area contributed by atoms with Crippen molar-refractivity contribution < 1.29 is 8.42 Å². The smallest absolute Gasteiger partial charge is 0.216 e. The molecule has 1 N–H and O–H groups in total. The van der Waals surface area contributed by atoms with E-state index in [0.717, 1.165) is 48.6 Å². The maximum atomic E-state index is 13.5. The molecule has 0 bridgehead atoms. The van der Waals surface area contributed by atoms with Crippen LogP contribution in [-0.2, 0) is 22.8 Å². The first-order valence-electron chi connectivity index (χ1n) is 11.2. The number of rotatable bonds is 5. The van der Waals surface area contributed by atoms with Gasteiger partial charge >= 0.3 is 0 Å². The minimum atomic E-state index is -3.49. The highest BCUT2D eigenvalue weighted by Gasteiger charge is 2.20. The fourth-order valence-electron chi connectivity index (χ4n) is 4.60. The number of aryl methyl sites for hydroxylation is 1. The lowest BCUT2D eigenvalue weighted by Gasteiger charge is -2.22. The Bertz CT molecular complexity index is 1510. The molecule has 0 unspecified atom stereocenters. The summed E-state index contributed by atoms with van der Waals surface area (Å²) < 4.78 is 30.1. The van der Waals surface area contributed by atoms with Gasteiger partial charge in [-0.15, -0.1) is 0 Å². The highest BCUT2D eigenvalue weighted by atomic mass is 32.2. The maximum Gasteiger partial charge on any atom is 0.216 e. The molecule has 2 aromatic carbocycles. The van der Waals surface area contributed by atoms with Crippen molar-refractivity contribution in [1.82, 2.24) is 19.5 Å². The molecule has 1 fully saturated rings. The summed E-state index contributed by atoms with van der Waals surface area (Å²) in [6, 6.07) is 10.8. The quantitative estimate of drug-likeness (QED) is 0.485. The lowest BCUT2D eigenvalue weighted by Crippen LogP contribution is -2.36. The van der Waals surface area contributed by atoms with E-state index in [4.69, 9.17) is 0 Å². The van der Waals surface area contributed by atoms with E-state index in [1.165, 1.54) is 0 Å². The van der Waals surface area contributed by atoms with E-state index in [2.05, 4.69) is 14.8 Å². The molecule has 33 heavy (non-hydrogen) atoms.